The molecule has 7 heteroatoms. The number of imidazole rings is 1. The standard InChI is InChI=1S/C19H9F3N4/c20-13-4-1-11(2-5-13)3-6-14-7-12(10-23-26-14)19-24-17-8-15(21)16(22)9-18(17)25-19/h1-2,4-5,7-10H,(H,24,25). The minimum atomic E-state index is -0.964. The number of aromatic nitrogens is 4. The molecule has 126 valence electrons. The number of fused-ring (bicyclic) bond motifs is 1. The molecule has 0 bridgehead atoms. The van der Waals surface area contributed by atoms with E-state index in [0.717, 1.165) is 12.1 Å². The molecule has 2 aromatic carbocycles. The summed E-state index contributed by atoms with van der Waals surface area (Å²) >= 11 is 0. The van der Waals surface area contributed by atoms with Crippen LogP contribution < -0.4 is 0 Å². The molecule has 4 aromatic rings. The minimum Gasteiger partial charge on any atom is -0.338 e. The lowest BCUT2D eigenvalue weighted by atomic mass is 10.2. The second kappa shape index (κ2) is 6.33. The summed E-state index contributed by atoms with van der Waals surface area (Å²) in [7, 11) is 0. The first-order valence-corrected chi connectivity index (χ1v) is 7.54. The van der Waals surface area contributed by atoms with E-state index in [2.05, 4.69) is 32.0 Å². The number of benzene rings is 2. The molecule has 4 rings (SSSR count). The van der Waals surface area contributed by atoms with Gasteiger partial charge in [-0.2, -0.15) is 5.10 Å². The van der Waals surface area contributed by atoms with Gasteiger partial charge in [0.1, 0.15) is 17.3 Å². The molecule has 0 fully saturated rings. The van der Waals surface area contributed by atoms with Gasteiger partial charge >= 0.3 is 0 Å². The van der Waals surface area contributed by atoms with E-state index in [1.807, 2.05) is 0 Å². The number of aromatic amines is 1. The van der Waals surface area contributed by atoms with Crippen LogP contribution in [0.2, 0.25) is 0 Å². The fourth-order valence-electron chi connectivity index (χ4n) is 2.37. The maximum Gasteiger partial charge on any atom is 0.161 e. The van der Waals surface area contributed by atoms with Gasteiger partial charge in [-0.3, -0.25) is 0 Å². The maximum absolute atomic E-state index is 13.3. The first kappa shape index (κ1) is 15.8. The Labute approximate surface area is 145 Å². The van der Waals surface area contributed by atoms with Gasteiger partial charge in [0.25, 0.3) is 0 Å². The fourth-order valence-corrected chi connectivity index (χ4v) is 2.37. The maximum atomic E-state index is 13.3. The highest BCUT2D eigenvalue weighted by atomic mass is 19.2. The second-order valence-electron chi connectivity index (χ2n) is 5.46. The number of rotatable bonds is 1. The second-order valence-corrected chi connectivity index (χ2v) is 5.46. The lowest BCUT2D eigenvalue weighted by molar-refractivity contribution is 0.510. The number of hydrogen-bond donors (Lipinski definition) is 1. The van der Waals surface area contributed by atoms with Crippen LogP contribution in [0.15, 0.2) is 48.7 Å². The third-order valence-electron chi connectivity index (χ3n) is 3.63. The summed E-state index contributed by atoms with van der Waals surface area (Å²) < 4.78 is 39.5. The van der Waals surface area contributed by atoms with Gasteiger partial charge < -0.3 is 4.98 Å². The first-order chi connectivity index (χ1) is 12.6. The normalized spacial score (nSPS) is 10.6. The zero-order valence-electron chi connectivity index (χ0n) is 13.1. The summed E-state index contributed by atoms with van der Waals surface area (Å²) in [5, 5.41) is 7.79. The number of H-pyrrole nitrogens is 1. The molecule has 1 N–H and O–H groups in total. The highest BCUT2D eigenvalue weighted by molar-refractivity contribution is 5.79. The summed E-state index contributed by atoms with van der Waals surface area (Å²) in [5.74, 6) is 3.83. The average Bonchev–Trinajstić information content (AvgIpc) is 3.05. The van der Waals surface area contributed by atoms with Crippen molar-refractivity contribution in [1.82, 2.24) is 20.2 Å². The molecule has 0 aliphatic heterocycles. The Hall–Kier alpha value is -3.66. The van der Waals surface area contributed by atoms with Gasteiger partial charge in [-0.05, 0) is 36.3 Å². The number of halogens is 3. The molecular weight excluding hydrogens is 341 g/mol. The Bertz CT molecular complexity index is 1130. The van der Waals surface area contributed by atoms with Gasteiger partial charge in [0, 0.05) is 23.3 Å². The number of nitrogens with zero attached hydrogens (tertiary/aromatic N) is 3. The quantitative estimate of drug-likeness (QED) is 0.531. The Morgan fingerprint density at radius 3 is 2.46 bits per heavy atom. The van der Waals surface area contributed by atoms with Crippen molar-refractivity contribution in [3.05, 3.63) is 77.4 Å². The van der Waals surface area contributed by atoms with Crippen LogP contribution in [0.25, 0.3) is 22.4 Å². The van der Waals surface area contributed by atoms with Crippen LogP contribution in [0.5, 0.6) is 0 Å². The number of hydrogen-bond acceptors (Lipinski definition) is 3. The van der Waals surface area contributed by atoms with E-state index < -0.39 is 11.6 Å². The Morgan fingerprint density at radius 2 is 1.65 bits per heavy atom. The van der Waals surface area contributed by atoms with Crippen LogP contribution in [0, 0.1) is 29.3 Å². The molecule has 0 radical (unpaired) electrons. The Balaban J connectivity index is 1.69. The van der Waals surface area contributed by atoms with Crippen molar-refractivity contribution in [1.29, 1.82) is 0 Å². The van der Waals surface area contributed by atoms with E-state index in [4.69, 9.17) is 0 Å². The topological polar surface area (TPSA) is 54.5 Å². The van der Waals surface area contributed by atoms with Gasteiger partial charge in [0.15, 0.2) is 11.6 Å². The van der Waals surface area contributed by atoms with Crippen LogP contribution in [-0.2, 0) is 0 Å². The summed E-state index contributed by atoms with van der Waals surface area (Å²) in [4.78, 5) is 7.15. The highest BCUT2D eigenvalue weighted by Gasteiger charge is 2.10. The minimum absolute atomic E-state index is 0.301. The lowest BCUT2D eigenvalue weighted by Crippen LogP contribution is -1.90. The molecule has 0 amide bonds. The van der Waals surface area contributed by atoms with Crippen molar-refractivity contribution in [3.8, 4) is 23.2 Å². The molecule has 0 saturated heterocycles. The Morgan fingerprint density at radius 1 is 0.885 bits per heavy atom. The van der Waals surface area contributed by atoms with Gasteiger partial charge in [-0.25, -0.2) is 18.2 Å². The molecule has 0 atom stereocenters. The summed E-state index contributed by atoms with van der Waals surface area (Å²) in [5.41, 5.74) is 2.25. The third-order valence-corrected chi connectivity index (χ3v) is 3.63. The Kier molecular flexibility index (Phi) is 3.86. The lowest BCUT2D eigenvalue weighted by Gasteiger charge is -1.95. The predicted octanol–water partition coefficient (Wildman–Crippen LogP) is 3.84. The molecule has 2 heterocycles. The molecule has 0 aliphatic carbocycles. The molecule has 4 nitrogen and oxygen atoms in total. The van der Waals surface area contributed by atoms with Gasteiger partial charge in [-0.1, -0.05) is 5.92 Å². The van der Waals surface area contributed by atoms with Crippen molar-refractivity contribution in [3.63, 3.8) is 0 Å². The van der Waals surface area contributed by atoms with Gasteiger partial charge in [-0.15, -0.1) is 5.10 Å². The summed E-state index contributed by atoms with van der Waals surface area (Å²) in [6.45, 7) is 0. The molecule has 0 spiro atoms. The monoisotopic (exact) mass is 350 g/mol. The first-order valence-electron chi connectivity index (χ1n) is 7.54. The zero-order chi connectivity index (χ0) is 18.1. The van der Waals surface area contributed by atoms with Gasteiger partial charge in [0.05, 0.1) is 17.2 Å². The van der Waals surface area contributed by atoms with E-state index in [1.165, 1.54) is 18.3 Å². The predicted molar refractivity (Wildman–Crippen MR) is 89.4 cm³/mol. The molecule has 2 aromatic heterocycles. The van der Waals surface area contributed by atoms with Crippen molar-refractivity contribution in [2.24, 2.45) is 0 Å². The molecule has 0 saturated carbocycles. The molecular formula is C19H9F3N4. The van der Waals surface area contributed by atoms with Crippen molar-refractivity contribution < 1.29 is 13.2 Å². The SMILES string of the molecule is Fc1ccc(C#Cc2cc(-c3nc4cc(F)c(F)cc4[nH]3)cnn2)cc1. The number of nitrogens with one attached hydrogen (secondary N) is 1. The van der Waals surface area contributed by atoms with Crippen LogP contribution in [0.1, 0.15) is 11.3 Å². The van der Waals surface area contributed by atoms with E-state index >= 15 is 0 Å². The van der Waals surface area contributed by atoms with Crippen molar-refractivity contribution in [2.45, 2.75) is 0 Å². The van der Waals surface area contributed by atoms with Crippen LogP contribution in [0.3, 0.4) is 0 Å². The molecule has 0 aliphatic rings. The van der Waals surface area contributed by atoms with E-state index in [1.54, 1.807) is 18.2 Å². The third kappa shape index (κ3) is 3.13. The zero-order valence-corrected chi connectivity index (χ0v) is 13.1. The van der Waals surface area contributed by atoms with Crippen LogP contribution in [-0.4, -0.2) is 20.2 Å². The van der Waals surface area contributed by atoms with E-state index in [-0.39, 0.29) is 5.82 Å². The highest BCUT2D eigenvalue weighted by Crippen LogP contribution is 2.22. The molecule has 0 unspecified atom stereocenters. The summed E-state index contributed by atoms with van der Waals surface area (Å²) in [6.07, 6.45) is 1.47. The molecule has 26 heavy (non-hydrogen) atoms. The van der Waals surface area contributed by atoms with Crippen molar-refractivity contribution in [2.75, 3.05) is 0 Å². The van der Waals surface area contributed by atoms with Crippen LogP contribution >= 0.6 is 0 Å². The van der Waals surface area contributed by atoms with Crippen LogP contribution in [0.4, 0.5) is 13.2 Å². The van der Waals surface area contributed by atoms with E-state index in [9.17, 15) is 13.2 Å². The van der Waals surface area contributed by atoms with E-state index in [0.29, 0.717) is 33.7 Å². The van der Waals surface area contributed by atoms with Crippen molar-refractivity contribution >= 4 is 11.0 Å². The fraction of sp³-hybridized carbons (Fsp3) is 0. The summed E-state index contributed by atoms with van der Waals surface area (Å²) in [6, 6.07) is 9.47. The van der Waals surface area contributed by atoms with Gasteiger partial charge in [0.2, 0.25) is 0 Å². The smallest absolute Gasteiger partial charge is 0.161 e. The average molecular weight is 350 g/mol. The largest absolute Gasteiger partial charge is 0.338 e.